The van der Waals surface area contributed by atoms with Crippen LogP contribution in [0.2, 0.25) is 0 Å². The molecule has 15 heavy (non-hydrogen) atoms. The van der Waals surface area contributed by atoms with Crippen LogP contribution in [-0.2, 0) is 18.3 Å². The van der Waals surface area contributed by atoms with Gasteiger partial charge in [-0.25, -0.2) is 0 Å². The normalized spacial score (nSPS) is 10.1. The molecule has 0 bridgehead atoms. The maximum Gasteiger partial charge on any atom is 0.0537 e. The summed E-state index contributed by atoms with van der Waals surface area (Å²) in [6.45, 7) is 4.78. The Morgan fingerprint density at radius 1 is 1.53 bits per heavy atom. The van der Waals surface area contributed by atoms with E-state index in [9.17, 15) is 0 Å². The Balaban J connectivity index is 0.00000196. The van der Waals surface area contributed by atoms with Gasteiger partial charge < -0.3 is 10.1 Å². The van der Waals surface area contributed by atoms with E-state index in [-0.39, 0.29) is 12.4 Å². The average molecular weight is 234 g/mol. The Kier molecular flexibility index (Phi) is 7.38. The zero-order chi connectivity index (χ0) is 10.4. The third-order valence-corrected chi connectivity index (χ3v) is 2.35. The summed E-state index contributed by atoms with van der Waals surface area (Å²) >= 11 is 0. The molecule has 1 N–H and O–H groups in total. The first kappa shape index (κ1) is 14.4. The van der Waals surface area contributed by atoms with Crippen molar-refractivity contribution in [2.75, 3.05) is 20.3 Å². The first-order chi connectivity index (χ1) is 6.75. The number of halogens is 1. The van der Waals surface area contributed by atoms with E-state index in [1.165, 1.54) is 11.3 Å². The van der Waals surface area contributed by atoms with E-state index in [4.69, 9.17) is 4.74 Å². The summed E-state index contributed by atoms with van der Waals surface area (Å²) < 4.78 is 6.86. The van der Waals surface area contributed by atoms with Gasteiger partial charge >= 0.3 is 0 Å². The first-order valence-electron chi connectivity index (χ1n) is 4.93. The van der Waals surface area contributed by atoms with Crippen LogP contribution < -0.4 is 5.32 Å². The van der Waals surface area contributed by atoms with Gasteiger partial charge in [0, 0.05) is 38.6 Å². The zero-order valence-electron chi connectivity index (χ0n) is 9.62. The number of nitrogens with one attached hydrogen (secondary N) is 1. The number of methoxy groups -OCH3 is 1. The molecular weight excluding hydrogens is 214 g/mol. The molecule has 1 rings (SSSR count). The zero-order valence-corrected chi connectivity index (χ0v) is 10.4. The fourth-order valence-electron chi connectivity index (χ4n) is 1.28. The molecule has 0 atom stereocenters. The average Bonchev–Trinajstić information content (AvgIpc) is 2.49. The van der Waals surface area contributed by atoms with Gasteiger partial charge in [0.1, 0.15) is 0 Å². The number of rotatable bonds is 6. The van der Waals surface area contributed by atoms with Gasteiger partial charge in [0.2, 0.25) is 0 Å². The highest BCUT2D eigenvalue weighted by Gasteiger charge is 2.01. The quantitative estimate of drug-likeness (QED) is 0.753. The van der Waals surface area contributed by atoms with Crippen molar-refractivity contribution < 1.29 is 4.74 Å². The minimum Gasteiger partial charge on any atom is -0.385 e. The standard InChI is InChI=1S/C10H19N3O.ClH/c1-9-10(8-12-13(9)2)7-11-5-4-6-14-3;/h8,11H,4-7H2,1-3H3;1H. The summed E-state index contributed by atoms with van der Waals surface area (Å²) in [5, 5.41) is 7.54. The number of hydrogen-bond donors (Lipinski definition) is 1. The van der Waals surface area contributed by atoms with Crippen LogP contribution in [0.15, 0.2) is 6.20 Å². The molecule has 5 heteroatoms. The predicted octanol–water partition coefficient (Wildman–Crippen LogP) is 1.28. The number of aryl methyl sites for hydroxylation is 1. The molecule has 88 valence electrons. The summed E-state index contributed by atoms with van der Waals surface area (Å²) in [5.41, 5.74) is 2.49. The van der Waals surface area contributed by atoms with Gasteiger partial charge in [-0.15, -0.1) is 12.4 Å². The number of nitrogens with zero attached hydrogens (tertiary/aromatic N) is 2. The lowest BCUT2D eigenvalue weighted by Crippen LogP contribution is -2.16. The molecule has 0 fully saturated rings. The van der Waals surface area contributed by atoms with Crippen molar-refractivity contribution in [2.45, 2.75) is 19.9 Å². The fraction of sp³-hybridized carbons (Fsp3) is 0.700. The third kappa shape index (κ3) is 4.64. The van der Waals surface area contributed by atoms with Crippen LogP contribution in [0, 0.1) is 6.92 Å². The lowest BCUT2D eigenvalue weighted by molar-refractivity contribution is 0.194. The van der Waals surface area contributed by atoms with Crippen molar-refractivity contribution in [3.8, 4) is 0 Å². The minimum atomic E-state index is 0. The molecule has 0 aliphatic heterocycles. The van der Waals surface area contributed by atoms with Crippen molar-refractivity contribution in [3.63, 3.8) is 0 Å². The van der Waals surface area contributed by atoms with E-state index < -0.39 is 0 Å². The molecule has 0 aliphatic carbocycles. The van der Waals surface area contributed by atoms with Crippen LogP contribution in [-0.4, -0.2) is 30.0 Å². The van der Waals surface area contributed by atoms with E-state index >= 15 is 0 Å². The molecule has 0 aromatic carbocycles. The molecule has 0 unspecified atom stereocenters. The fourth-order valence-corrected chi connectivity index (χ4v) is 1.28. The molecule has 0 saturated carbocycles. The summed E-state index contributed by atoms with van der Waals surface area (Å²) in [7, 11) is 3.69. The summed E-state index contributed by atoms with van der Waals surface area (Å²) in [6, 6.07) is 0. The minimum absolute atomic E-state index is 0. The molecule has 4 nitrogen and oxygen atoms in total. The number of aromatic nitrogens is 2. The highest BCUT2D eigenvalue weighted by molar-refractivity contribution is 5.85. The number of hydrogen-bond acceptors (Lipinski definition) is 3. The van der Waals surface area contributed by atoms with Crippen LogP contribution in [0.3, 0.4) is 0 Å². The van der Waals surface area contributed by atoms with Crippen molar-refractivity contribution >= 4 is 12.4 Å². The van der Waals surface area contributed by atoms with Gasteiger partial charge in [0.25, 0.3) is 0 Å². The molecular formula is C10H20ClN3O. The van der Waals surface area contributed by atoms with E-state index in [0.717, 1.165) is 26.1 Å². The van der Waals surface area contributed by atoms with Gasteiger partial charge in [-0.1, -0.05) is 0 Å². The Morgan fingerprint density at radius 3 is 2.80 bits per heavy atom. The maximum atomic E-state index is 4.97. The van der Waals surface area contributed by atoms with Crippen LogP contribution in [0.5, 0.6) is 0 Å². The third-order valence-electron chi connectivity index (χ3n) is 2.35. The topological polar surface area (TPSA) is 39.1 Å². The second-order valence-corrected chi connectivity index (χ2v) is 3.40. The smallest absolute Gasteiger partial charge is 0.0537 e. The lowest BCUT2D eigenvalue weighted by atomic mass is 10.2. The molecule has 0 radical (unpaired) electrons. The molecule has 0 amide bonds. The largest absolute Gasteiger partial charge is 0.385 e. The molecule has 0 spiro atoms. The van der Waals surface area contributed by atoms with Crippen molar-refractivity contribution in [1.82, 2.24) is 15.1 Å². The van der Waals surface area contributed by atoms with Gasteiger partial charge in [-0.05, 0) is 19.9 Å². The van der Waals surface area contributed by atoms with Crippen LogP contribution in [0.1, 0.15) is 17.7 Å². The second-order valence-electron chi connectivity index (χ2n) is 3.40. The van der Waals surface area contributed by atoms with E-state index in [2.05, 4.69) is 17.3 Å². The number of ether oxygens (including phenoxy) is 1. The predicted molar refractivity (Wildman–Crippen MR) is 63.4 cm³/mol. The molecule has 1 aromatic rings. The van der Waals surface area contributed by atoms with E-state index in [1.54, 1.807) is 7.11 Å². The SMILES string of the molecule is COCCCNCc1cnn(C)c1C.Cl. The van der Waals surface area contributed by atoms with Crippen LogP contribution >= 0.6 is 12.4 Å². The Labute approximate surface area is 97.4 Å². The monoisotopic (exact) mass is 233 g/mol. The molecule has 0 aliphatic rings. The summed E-state index contributed by atoms with van der Waals surface area (Å²) in [6.07, 6.45) is 2.97. The van der Waals surface area contributed by atoms with Gasteiger partial charge in [-0.2, -0.15) is 5.10 Å². The van der Waals surface area contributed by atoms with Crippen LogP contribution in [0.4, 0.5) is 0 Å². The molecule has 1 aromatic heterocycles. The summed E-state index contributed by atoms with van der Waals surface area (Å²) in [4.78, 5) is 0. The summed E-state index contributed by atoms with van der Waals surface area (Å²) in [5.74, 6) is 0. The highest BCUT2D eigenvalue weighted by atomic mass is 35.5. The van der Waals surface area contributed by atoms with Crippen molar-refractivity contribution in [1.29, 1.82) is 0 Å². The Morgan fingerprint density at radius 2 is 2.27 bits per heavy atom. The first-order valence-corrected chi connectivity index (χ1v) is 4.93. The van der Waals surface area contributed by atoms with E-state index in [1.807, 2.05) is 17.9 Å². The van der Waals surface area contributed by atoms with Gasteiger partial charge in [0.05, 0.1) is 6.20 Å². The maximum absolute atomic E-state index is 4.97. The molecule has 1 heterocycles. The van der Waals surface area contributed by atoms with Crippen LogP contribution in [0.25, 0.3) is 0 Å². The second kappa shape index (κ2) is 7.68. The van der Waals surface area contributed by atoms with Crippen molar-refractivity contribution in [3.05, 3.63) is 17.5 Å². The Bertz CT molecular complexity index is 276. The van der Waals surface area contributed by atoms with Gasteiger partial charge in [-0.3, -0.25) is 4.68 Å². The highest BCUT2D eigenvalue weighted by Crippen LogP contribution is 2.04. The van der Waals surface area contributed by atoms with Gasteiger partial charge in [0.15, 0.2) is 0 Å². The van der Waals surface area contributed by atoms with E-state index in [0.29, 0.717) is 0 Å². The van der Waals surface area contributed by atoms with Crippen molar-refractivity contribution in [2.24, 2.45) is 7.05 Å². The Hall–Kier alpha value is -0.580. The lowest BCUT2D eigenvalue weighted by Gasteiger charge is -2.03. The molecule has 0 saturated heterocycles.